The zero-order valence-electron chi connectivity index (χ0n) is 7.72. The summed E-state index contributed by atoms with van der Waals surface area (Å²) in [7, 11) is 0. The summed E-state index contributed by atoms with van der Waals surface area (Å²) in [4.78, 5) is 10.3. The number of ether oxygens (including phenoxy) is 1. The van der Waals surface area contributed by atoms with Gasteiger partial charge in [0.15, 0.2) is 0 Å². The minimum atomic E-state index is -6.51. The molecule has 0 spiro atoms. The number of halogens is 9. The van der Waals surface area contributed by atoms with Crippen LogP contribution in [0, 0.1) is 0 Å². The van der Waals surface area contributed by atoms with E-state index < -0.39 is 27.9 Å². The summed E-state index contributed by atoms with van der Waals surface area (Å²) in [6, 6.07) is 0. The first-order valence-corrected chi connectivity index (χ1v) is 4.64. The number of carbonyl (C=O) groups excluding carboxylic acids is 1. The molecule has 0 saturated carbocycles. The SMILES string of the molecule is CC(=O)OC(I)(C(F)(F)F)C(F)(F)C(F)(F)F. The molecule has 0 bridgehead atoms. The molecule has 0 radical (unpaired) electrons. The normalized spacial score (nSPS) is 17.5. The maximum Gasteiger partial charge on any atom is 0.458 e. The smallest absolute Gasteiger partial charge is 0.432 e. The Hall–Kier alpha value is -0.360. The summed E-state index contributed by atoms with van der Waals surface area (Å²) < 4.78 is 95.8. The Morgan fingerprint density at radius 2 is 1.29 bits per heavy atom. The van der Waals surface area contributed by atoms with Crippen molar-refractivity contribution in [1.29, 1.82) is 0 Å². The van der Waals surface area contributed by atoms with Gasteiger partial charge in [-0.25, -0.2) is 0 Å². The molecule has 1 unspecified atom stereocenters. The molecule has 0 aromatic carbocycles. The Kier molecular flexibility index (Phi) is 4.29. The molecular formula is C6H3F8IO2. The molecule has 102 valence electrons. The zero-order chi connectivity index (χ0) is 14.3. The average Bonchev–Trinajstić information content (AvgIpc) is 1.97. The minimum Gasteiger partial charge on any atom is -0.432 e. The van der Waals surface area contributed by atoms with Gasteiger partial charge in [-0.3, -0.25) is 4.79 Å². The molecule has 0 saturated heterocycles. The third-order valence-corrected chi connectivity index (χ3v) is 2.92. The number of esters is 1. The van der Waals surface area contributed by atoms with Crippen molar-refractivity contribution < 1.29 is 44.7 Å². The van der Waals surface area contributed by atoms with Crippen LogP contribution in [0.5, 0.6) is 0 Å². The molecule has 0 aliphatic carbocycles. The lowest BCUT2D eigenvalue weighted by atomic mass is 10.1. The predicted molar refractivity (Wildman–Crippen MR) is 45.6 cm³/mol. The van der Waals surface area contributed by atoms with E-state index in [9.17, 15) is 39.9 Å². The van der Waals surface area contributed by atoms with E-state index in [2.05, 4.69) is 4.74 Å². The standard InChI is InChI=1S/C6H3F8IO2/c1-2(16)17-4(15,6(12,13)14)3(7,8)5(9,10)11/h1H3. The van der Waals surface area contributed by atoms with Crippen molar-refractivity contribution in [2.75, 3.05) is 0 Å². The molecule has 2 nitrogen and oxygen atoms in total. The molecule has 0 aromatic heterocycles. The van der Waals surface area contributed by atoms with Crippen LogP contribution in [0.4, 0.5) is 35.1 Å². The molecule has 11 heteroatoms. The van der Waals surface area contributed by atoms with E-state index in [1.165, 1.54) is 0 Å². The van der Waals surface area contributed by atoms with Crippen molar-refractivity contribution in [3.63, 3.8) is 0 Å². The molecule has 0 aromatic rings. The van der Waals surface area contributed by atoms with Crippen LogP contribution in [0.3, 0.4) is 0 Å². The van der Waals surface area contributed by atoms with Crippen LogP contribution in [0.15, 0.2) is 0 Å². The number of rotatable bonds is 2. The van der Waals surface area contributed by atoms with Crippen LogP contribution in [0.2, 0.25) is 0 Å². The van der Waals surface area contributed by atoms with Crippen molar-refractivity contribution in [1.82, 2.24) is 0 Å². The maximum atomic E-state index is 12.7. The van der Waals surface area contributed by atoms with Gasteiger partial charge in [-0.15, -0.1) is 0 Å². The van der Waals surface area contributed by atoms with Gasteiger partial charge in [-0.1, -0.05) is 0 Å². The fourth-order valence-corrected chi connectivity index (χ4v) is 1.30. The van der Waals surface area contributed by atoms with E-state index >= 15 is 0 Å². The van der Waals surface area contributed by atoms with Crippen molar-refractivity contribution in [2.45, 2.75) is 28.8 Å². The number of hydrogen-bond donors (Lipinski definition) is 0. The zero-order valence-corrected chi connectivity index (χ0v) is 9.88. The second-order valence-corrected chi connectivity index (χ2v) is 4.28. The third-order valence-electron chi connectivity index (χ3n) is 1.41. The van der Waals surface area contributed by atoms with E-state index in [1.54, 1.807) is 0 Å². The van der Waals surface area contributed by atoms with Gasteiger partial charge in [-0.05, 0) is 22.6 Å². The molecule has 0 aliphatic heterocycles. The van der Waals surface area contributed by atoms with E-state index in [0.29, 0.717) is 0 Å². The van der Waals surface area contributed by atoms with Gasteiger partial charge in [0, 0.05) is 6.92 Å². The summed E-state index contributed by atoms with van der Waals surface area (Å²) in [6.07, 6.45) is -12.6. The van der Waals surface area contributed by atoms with Crippen LogP contribution in [-0.4, -0.2) is 27.9 Å². The van der Waals surface area contributed by atoms with E-state index in [-0.39, 0.29) is 29.5 Å². The lowest BCUT2D eigenvalue weighted by Gasteiger charge is -2.36. The van der Waals surface area contributed by atoms with Gasteiger partial charge in [0.1, 0.15) is 0 Å². The van der Waals surface area contributed by atoms with Crippen molar-refractivity contribution in [2.24, 2.45) is 0 Å². The molecule has 1 atom stereocenters. The largest absolute Gasteiger partial charge is 0.458 e. The van der Waals surface area contributed by atoms with Crippen LogP contribution < -0.4 is 0 Å². The monoisotopic (exact) mass is 386 g/mol. The van der Waals surface area contributed by atoms with Crippen LogP contribution in [-0.2, 0) is 9.53 Å². The van der Waals surface area contributed by atoms with Gasteiger partial charge in [0.2, 0.25) is 0 Å². The molecular weight excluding hydrogens is 383 g/mol. The molecule has 0 N–H and O–H groups in total. The second-order valence-electron chi connectivity index (χ2n) is 2.76. The fraction of sp³-hybridized carbons (Fsp3) is 0.833. The highest BCUT2D eigenvalue weighted by atomic mass is 127. The first-order chi connectivity index (χ1) is 7.17. The molecule has 0 aliphatic rings. The van der Waals surface area contributed by atoms with Gasteiger partial charge in [-0.2, -0.15) is 35.1 Å². The highest BCUT2D eigenvalue weighted by Gasteiger charge is 2.81. The quantitative estimate of drug-likeness (QED) is 0.315. The summed E-state index contributed by atoms with van der Waals surface area (Å²) in [6.45, 7) is 0.283. The lowest BCUT2D eigenvalue weighted by molar-refractivity contribution is -0.366. The van der Waals surface area contributed by atoms with Crippen LogP contribution in [0.1, 0.15) is 6.92 Å². The average molecular weight is 386 g/mol. The maximum absolute atomic E-state index is 12.7. The summed E-state index contributed by atoms with van der Waals surface area (Å²) >= 11 is -0.273. The van der Waals surface area contributed by atoms with Crippen LogP contribution >= 0.6 is 22.6 Å². The van der Waals surface area contributed by atoms with Crippen molar-refractivity contribution in [3.8, 4) is 0 Å². The topological polar surface area (TPSA) is 26.3 Å². The molecule has 0 rings (SSSR count). The predicted octanol–water partition coefficient (Wildman–Crippen LogP) is 3.44. The Morgan fingerprint density at radius 1 is 0.941 bits per heavy atom. The van der Waals surface area contributed by atoms with E-state index in [1.807, 2.05) is 0 Å². The van der Waals surface area contributed by atoms with Gasteiger partial charge >= 0.3 is 27.9 Å². The number of hydrogen-bond acceptors (Lipinski definition) is 2. The molecule has 17 heavy (non-hydrogen) atoms. The number of carbonyl (C=O) groups is 1. The van der Waals surface area contributed by atoms with Gasteiger partial charge in [0.05, 0.1) is 0 Å². The Morgan fingerprint density at radius 3 is 1.47 bits per heavy atom. The van der Waals surface area contributed by atoms with Gasteiger partial charge < -0.3 is 4.74 Å². The second kappa shape index (κ2) is 4.39. The molecule has 0 amide bonds. The van der Waals surface area contributed by atoms with Gasteiger partial charge in [0.25, 0.3) is 0 Å². The minimum absolute atomic E-state index is 0.273. The van der Waals surface area contributed by atoms with Crippen molar-refractivity contribution in [3.05, 3.63) is 0 Å². The van der Waals surface area contributed by atoms with Crippen LogP contribution in [0.25, 0.3) is 0 Å². The summed E-state index contributed by atoms with van der Waals surface area (Å²) in [5.74, 6) is -8.19. The highest BCUT2D eigenvalue weighted by Crippen LogP contribution is 2.56. The highest BCUT2D eigenvalue weighted by molar-refractivity contribution is 14.1. The first-order valence-electron chi connectivity index (χ1n) is 3.56. The Labute approximate surface area is 102 Å². The number of alkyl halides is 9. The first kappa shape index (κ1) is 16.6. The van der Waals surface area contributed by atoms with Crippen molar-refractivity contribution >= 4 is 28.6 Å². The third kappa shape index (κ3) is 2.91. The molecule has 0 heterocycles. The lowest BCUT2D eigenvalue weighted by Crippen LogP contribution is -2.62. The summed E-state index contributed by atoms with van der Waals surface area (Å²) in [5.41, 5.74) is 0. The van der Waals surface area contributed by atoms with E-state index in [4.69, 9.17) is 0 Å². The Balaban J connectivity index is 5.73. The fourth-order valence-electron chi connectivity index (χ4n) is 0.680. The summed E-state index contributed by atoms with van der Waals surface area (Å²) in [5, 5.41) is 0. The Bertz CT molecular complexity index is 308. The molecule has 0 fully saturated rings. The van der Waals surface area contributed by atoms with E-state index in [0.717, 1.165) is 0 Å².